The molecule has 1 spiro atoms. The summed E-state index contributed by atoms with van der Waals surface area (Å²) < 4.78 is 29.9. The maximum Gasteiger partial charge on any atom is 0.308 e. The summed E-state index contributed by atoms with van der Waals surface area (Å²) in [5.41, 5.74) is -0.616. The van der Waals surface area contributed by atoms with Gasteiger partial charge in [-0.05, 0) is 77.0 Å². The van der Waals surface area contributed by atoms with Gasteiger partial charge in [0.05, 0.1) is 37.4 Å². The molecule has 6 rings (SSSR count). The lowest BCUT2D eigenvalue weighted by Gasteiger charge is -2.60. The molecule has 1 aliphatic carbocycles. The Balaban J connectivity index is 1.03. The van der Waals surface area contributed by atoms with Crippen LogP contribution in [-0.4, -0.2) is 77.3 Å². The largest absolute Gasteiger partial charge is 0.466 e. The summed E-state index contributed by atoms with van der Waals surface area (Å²) >= 11 is 0. The molecule has 0 unspecified atom stereocenters. The fourth-order valence-corrected chi connectivity index (χ4v) is 7.69. The molecular weight excluding hydrogens is 520 g/mol. The molecule has 13 atom stereocenters. The Kier molecular flexibility index (Phi) is 9.49. The quantitative estimate of drug-likeness (QED) is 0.226. The van der Waals surface area contributed by atoms with Crippen molar-refractivity contribution in [3.8, 4) is 0 Å². The molecule has 0 aromatic carbocycles. The average molecular weight is 571 g/mol. The first-order chi connectivity index (χ1) is 19.0. The fourth-order valence-electron chi connectivity index (χ4n) is 7.69. The van der Waals surface area contributed by atoms with Crippen LogP contribution in [0.4, 0.5) is 0 Å². The van der Waals surface area contributed by atoms with Gasteiger partial charge in [0.1, 0.15) is 6.10 Å². The van der Waals surface area contributed by atoms with Gasteiger partial charge in [-0.1, -0.05) is 20.3 Å². The lowest BCUT2D eigenvalue weighted by atomic mass is 9.57. The summed E-state index contributed by atoms with van der Waals surface area (Å²) in [4.78, 5) is 24.9. The van der Waals surface area contributed by atoms with E-state index in [1.807, 2.05) is 13.8 Å². The van der Waals surface area contributed by atoms with E-state index in [4.69, 9.17) is 33.5 Å². The Morgan fingerprint density at radius 1 is 1.00 bits per heavy atom. The van der Waals surface area contributed by atoms with E-state index >= 15 is 0 Å². The molecule has 40 heavy (non-hydrogen) atoms. The number of carbonyl (C=O) groups is 1. The monoisotopic (exact) mass is 570 g/mol. The first-order valence-electron chi connectivity index (χ1n) is 15.5. The van der Waals surface area contributed by atoms with Gasteiger partial charge in [0, 0.05) is 18.8 Å². The second kappa shape index (κ2) is 12.4. The van der Waals surface area contributed by atoms with E-state index in [2.05, 4.69) is 13.8 Å². The van der Waals surface area contributed by atoms with Crippen molar-refractivity contribution in [3.05, 3.63) is 0 Å². The Hall–Kier alpha value is -0.850. The minimum Gasteiger partial charge on any atom is -0.466 e. The molecule has 2 bridgehead atoms. The van der Waals surface area contributed by atoms with Crippen molar-refractivity contribution in [3.63, 3.8) is 0 Å². The van der Waals surface area contributed by atoms with Gasteiger partial charge in [-0.15, -0.1) is 0 Å². The predicted molar refractivity (Wildman–Crippen MR) is 142 cm³/mol. The normalized spacial score (nSPS) is 47.3. The summed E-state index contributed by atoms with van der Waals surface area (Å²) in [5, 5.41) is 19.9. The van der Waals surface area contributed by atoms with Gasteiger partial charge in [0.2, 0.25) is 5.79 Å². The highest BCUT2D eigenvalue weighted by Crippen LogP contribution is 2.60. The predicted octanol–water partition coefficient (Wildman–Crippen LogP) is 3.99. The molecule has 0 aromatic rings. The molecule has 1 saturated carbocycles. The van der Waals surface area contributed by atoms with E-state index < -0.39 is 36.2 Å². The molecule has 5 heterocycles. The van der Waals surface area contributed by atoms with Crippen molar-refractivity contribution in [2.45, 2.75) is 153 Å². The molecule has 10 heteroatoms. The number of hydrogen-bond donors (Lipinski definition) is 2. The Labute approximate surface area is 238 Å². The Bertz CT molecular complexity index is 871. The van der Waals surface area contributed by atoms with Crippen molar-refractivity contribution < 1.29 is 48.5 Å². The second-order valence-electron chi connectivity index (χ2n) is 13.2. The zero-order chi connectivity index (χ0) is 28.7. The molecule has 5 aliphatic heterocycles. The molecule has 5 saturated heterocycles. The number of fused-ring (bicyclic) bond motifs is 2. The molecule has 10 nitrogen and oxygen atoms in total. The van der Waals surface area contributed by atoms with Crippen LogP contribution in [0.15, 0.2) is 0 Å². The van der Waals surface area contributed by atoms with Crippen LogP contribution >= 0.6 is 0 Å². The third-order valence-electron chi connectivity index (χ3n) is 10.2. The molecule has 230 valence electrons. The highest BCUT2D eigenvalue weighted by Gasteiger charge is 2.69. The number of ether oxygens (including phenoxy) is 5. The van der Waals surface area contributed by atoms with Crippen LogP contribution in [0.1, 0.15) is 98.8 Å². The highest BCUT2D eigenvalue weighted by atomic mass is 17.3. The van der Waals surface area contributed by atoms with Crippen LogP contribution in [0.25, 0.3) is 0 Å². The number of hydrogen-bond acceptors (Lipinski definition) is 10. The van der Waals surface area contributed by atoms with Gasteiger partial charge in [-0.25, -0.2) is 9.78 Å². The SMILES string of the molecule is C[C@H]1[C@@H](CC(=O)OCCCCC[C@@H](C)O[C@@H]2O[C@@H](C)[C@H](O)C[C@H]2O)O[C@@H]2O[C@@]3(C)CC[C@H]4[C@H](C)CC[C@@H]1[C@@]24OO3. The summed E-state index contributed by atoms with van der Waals surface area (Å²) in [7, 11) is 0. The highest BCUT2D eigenvalue weighted by molar-refractivity contribution is 5.70. The van der Waals surface area contributed by atoms with E-state index in [9.17, 15) is 15.0 Å². The van der Waals surface area contributed by atoms with Gasteiger partial charge in [-0.2, -0.15) is 0 Å². The first kappa shape index (κ1) is 30.6. The summed E-state index contributed by atoms with van der Waals surface area (Å²) in [6.45, 7) is 10.5. The molecule has 0 radical (unpaired) electrons. The minimum absolute atomic E-state index is 0.0849. The maximum absolute atomic E-state index is 12.8. The zero-order valence-electron chi connectivity index (χ0n) is 24.8. The number of esters is 1. The Morgan fingerprint density at radius 2 is 1.80 bits per heavy atom. The van der Waals surface area contributed by atoms with Gasteiger partial charge in [0.15, 0.2) is 18.2 Å². The van der Waals surface area contributed by atoms with Gasteiger partial charge >= 0.3 is 5.97 Å². The van der Waals surface area contributed by atoms with Crippen LogP contribution in [0.5, 0.6) is 0 Å². The van der Waals surface area contributed by atoms with E-state index in [-0.39, 0.29) is 49.0 Å². The molecule has 0 amide bonds. The smallest absolute Gasteiger partial charge is 0.308 e. The summed E-state index contributed by atoms with van der Waals surface area (Å²) in [6.07, 6.45) is 4.24. The molecule has 2 N–H and O–H groups in total. The van der Waals surface area contributed by atoms with Crippen LogP contribution in [-0.2, 0) is 38.3 Å². The molecular formula is C30H50O10. The molecule has 6 fully saturated rings. The van der Waals surface area contributed by atoms with Crippen LogP contribution in [0.3, 0.4) is 0 Å². The first-order valence-corrected chi connectivity index (χ1v) is 15.5. The lowest BCUT2D eigenvalue weighted by molar-refractivity contribution is -0.571. The minimum atomic E-state index is -0.828. The van der Waals surface area contributed by atoms with Crippen molar-refractivity contribution in [1.82, 2.24) is 0 Å². The molecule has 0 aromatic heterocycles. The van der Waals surface area contributed by atoms with Crippen molar-refractivity contribution >= 4 is 5.97 Å². The van der Waals surface area contributed by atoms with Crippen molar-refractivity contribution in [2.75, 3.05) is 6.61 Å². The number of unbranched alkanes of at least 4 members (excludes halogenated alkanes) is 2. The number of rotatable bonds is 10. The van der Waals surface area contributed by atoms with Crippen LogP contribution in [0, 0.1) is 23.7 Å². The van der Waals surface area contributed by atoms with E-state index in [0.717, 1.165) is 51.4 Å². The van der Waals surface area contributed by atoms with Crippen LogP contribution in [0.2, 0.25) is 0 Å². The number of aliphatic hydroxyl groups is 2. The fraction of sp³-hybridized carbons (Fsp3) is 0.967. The standard InChI is InChI=1S/C30H50O10/c1-17-10-11-22-19(3)25(37-28-30(22)21(17)12-13-29(5,38-28)39-40-30)16-26(33)34-14-8-6-7-9-18(2)35-27-24(32)15-23(31)20(4)36-27/h17-25,27-28,31-32H,6-16H2,1-5H3/t17-,18-,19-,20+,21+,22+,23-,24-,25-,27-,28-,29-,30-/m1/s1. The van der Waals surface area contributed by atoms with Gasteiger partial charge in [-0.3, -0.25) is 4.79 Å². The van der Waals surface area contributed by atoms with E-state index in [1.54, 1.807) is 6.92 Å². The summed E-state index contributed by atoms with van der Waals surface area (Å²) in [6, 6.07) is 0. The lowest BCUT2D eigenvalue weighted by Crippen LogP contribution is -2.70. The number of aliphatic hydroxyl groups excluding tert-OH is 2. The van der Waals surface area contributed by atoms with Crippen LogP contribution < -0.4 is 0 Å². The third kappa shape index (κ3) is 6.11. The molecule has 6 aliphatic rings. The van der Waals surface area contributed by atoms with Crippen molar-refractivity contribution in [1.29, 1.82) is 0 Å². The number of carbonyl (C=O) groups excluding carboxylic acids is 1. The zero-order valence-corrected chi connectivity index (χ0v) is 24.8. The Morgan fingerprint density at radius 3 is 2.60 bits per heavy atom. The van der Waals surface area contributed by atoms with Gasteiger partial charge in [0.25, 0.3) is 0 Å². The van der Waals surface area contributed by atoms with E-state index in [0.29, 0.717) is 18.4 Å². The van der Waals surface area contributed by atoms with E-state index in [1.165, 1.54) is 0 Å². The summed E-state index contributed by atoms with van der Waals surface area (Å²) in [5.74, 6) is 0.0602. The second-order valence-corrected chi connectivity index (χ2v) is 13.2. The van der Waals surface area contributed by atoms with Gasteiger partial charge < -0.3 is 33.9 Å². The topological polar surface area (TPSA) is 122 Å². The third-order valence-corrected chi connectivity index (χ3v) is 10.2. The maximum atomic E-state index is 12.8. The average Bonchev–Trinajstić information content (AvgIpc) is 3.13. The van der Waals surface area contributed by atoms with Crippen molar-refractivity contribution in [2.24, 2.45) is 23.7 Å².